The van der Waals surface area contributed by atoms with E-state index in [1.165, 1.54) is 18.2 Å². The SMILES string of the molecule is C[C@@H](O[Si](C)(C)C(C)(C)C)[C@H]1C(=O)N[C@@H]1[C@H]1CCc2ccc(C(=O)Oc3c(F)c(F)c(F)c(F)c3F)cc2C1=O. The van der Waals surface area contributed by atoms with Gasteiger partial charge in [-0.25, -0.2) is 18.0 Å². The Morgan fingerprint density at radius 3 is 2.12 bits per heavy atom. The first-order chi connectivity index (χ1) is 18.5. The Balaban J connectivity index is 1.56. The minimum Gasteiger partial charge on any atom is -0.416 e. The quantitative estimate of drug-likeness (QED) is 0.0875. The van der Waals surface area contributed by atoms with Gasteiger partial charge < -0.3 is 14.5 Å². The Bertz CT molecular complexity index is 1380. The maximum Gasteiger partial charge on any atom is 0.343 e. The smallest absolute Gasteiger partial charge is 0.343 e. The molecule has 216 valence electrons. The van der Waals surface area contributed by atoms with Crippen molar-refractivity contribution < 1.29 is 45.5 Å². The molecule has 0 saturated carbocycles. The molecule has 1 heterocycles. The number of hydrogen-bond acceptors (Lipinski definition) is 5. The van der Waals surface area contributed by atoms with Crippen LogP contribution in [0.2, 0.25) is 18.1 Å². The summed E-state index contributed by atoms with van der Waals surface area (Å²) in [6, 6.07) is 3.39. The predicted molar refractivity (Wildman–Crippen MR) is 137 cm³/mol. The van der Waals surface area contributed by atoms with Gasteiger partial charge in [-0.3, -0.25) is 9.59 Å². The number of ether oxygens (including phenoxy) is 1. The molecule has 0 unspecified atom stereocenters. The molecule has 0 spiro atoms. The highest BCUT2D eigenvalue weighted by molar-refractivity contribution is 6.74. The minimum absolute atomic E-state index is 0.0845. The van der Waals surface area contributed by atoms with Crippen molar-refractivity contribution in [3.63, 3.8) is 0 Å². The molecule has 4 rings (SSSR count). The van der Waals surface area contributed by atoms with Gasteiger partial charge in [-0.1, -0.05) is 26.8 Å². The second kappa shape index (κ2) is 10.4. The third-order valence-corrected chi connectivity index (χ3v) is 12.8. The number of carbonyl (C=O) groups is 3. The van der Waals surface area contributed by atoms with Crippen LogP contribution in [0.25, 0.3) is 0 Å². The van der Waals surface area contributed by atoms with E-state index < -0.39 is 73.1 Å². The van der Waals surface area contributed by atoms with Crippen molar-refractivity contribution in [2.24, 2.45) is 11.8 Å². The van der Waals surface area contributed by atoms with Crippen LogP contribution in [0.5, 0.6) is 5.75 Å². The Kier molecular flexibility index (Phi) is 7.74. The summed E-state index contributed by atoms with van der Waals surface area (Å²) in [7, 11) is -2.20. The van der Waals surface area contributed by atoms with E-state index in [0.717, 1.165) is 0 Å². The Morgan fingerprint density at radius 1 is 1.00 bits per heavy atom. The van der Waals surface area contributed by atoms with Crippen LogP contribution in [0.4, 0.5) is 22.0 Å². The van der Waals surface area contributed by atoms with Gasteiger partial charge in [0.25, 0.3) is 0 Å². The highest BCUT2D eigenvalue weighted by Crippen LogP contribution is 2.41. The highest BCUT2D eigenvalue weighted by Gasteiger charge is 2.52. The molecule has 4 atom stereocenters. The third kappa shape index (κ3) is 5.07. The lowest BCUT2D eigenvalue weighted by atomic mass is 9.70. The van der Waals surface area contributed by atoms with Gasteiger partial charge in [0, 0.05) is 11.5 Å². The van der Waals surface area contributed by atoms with Crippen LogP contribution in [0.1, 0.15) is 60.4 Å². The van der Waals surface area contributed by atoms with Gasteiger partial charge in [-0.05, 0) is 55.6 Å². The fourth-order valence-electron chi connectivity index (χ4n) is 4.95. The van der Waals surface area contributed by atoms with E-state index in [-0.39, 0.29) is 27.9 Å². The first-order valence-electron chi connectivity index (χ1n) is 12.8. The Labute approximate surface area is 229 Å². The molecule has 0 radical (unpaired) electrons. The molecule has 6 nitrogen and oxygen atoms in total. The van der Waals surface area contributed by atoms with E-state index in [9.17, 15) is 36.3 Å². The fraction of sp³-hybridized carbons (Fsp3) is 0.464. The number of ketones is 1. The van der Waals surface area contributed by atoms with Crippen molar-refractivity contribution in [3.05, 3.63) is 64.0 Å². The number of amides is 1. The van der Waals surface area contributed by atoms with E-state index in [0.29, 0.717) is 18.4 Å². The summed E-state index contributed by atoms with van der Waals surface area (Å²) in [6.45, 7) is 12.2. The van der Waals surface area contributed by atoms with E-state index in [2.05, 4.69) is 43.9 Å². The summed E-state index contributed by atoms with van der Waals surface area (Å²) in [4.78, 5) is 38.7. The molecule has 1 fully saturated rings. The maximum absolute atomic E-state index is 14.0. The molecule has 1 saturated heterocycles. The van der Waals surface area contributed by atoms with Crippen molar-refractivity contribution in [2.45, 2.75) is 70.8 Å². The molecular weight excluding hydrogens is 553 g/mol. The predicted octanol–water partition coefficient (Wildman–Crippen LogP) is 5.87. The van der Waals surface area contributed by atoms with Crippen LogP contribution in [-0.2, 0) is 15.6 Å². The molecule has 12 heteroatoms. The summed E-state index contributed by atoms with van der Waals surface area (Å²) in [5.74, 6) is -16.3. The summed E-state index contributed by atoms with van der Waals surface area (Å²) < 4.78 is 79.3. The Morgan fingerprint density at radius 2 is 1.57 bits per heavy atom. The average Bonchev–Trinajstić information content (AvgIpc) is 2.86. The molecule has 2 aliphatic rings. The summed E-state index contributed by atoms with van der Waals surface area (Å²) >= 11 is 0. The number of β-lactam (4-membered cyclic amide) rings is 1. The number of benzene rings is 2. The van der Waals surface area contributed by atoms with Crippen LogP contribution in [0.3, 0.4) is 0 Å². The maximum atomic E-state index is 14.0. The number of aryl methyl sites for hydroxylation is 1. The van der Waals surface area contributed by atoms with Gasteiger partial charge in [0.15, 0.2) is 14.1 Å². The number of carbonyl (C=O) groups excluding carboxylic acids is 3. The molecule has 1 aliphatic carbocycles. The molecule has 0 bridgehead atoms. The average molecular weight is 584 g/mol. The second-order valence-electron chi connectivity index (χ2n) is 11.8. The molecule has 2 aromatic carbocycles. The standard InChI is InChI=1S/C28H30F5NO5Si/c1-12(39-40(5,6)28(2,3)4)17-23(34-26(17)36)15-10-9-13-7-8-14(11-16(13)24(15)35)27(37)38-25-21(32)19(30)18(29)20(31)22(25)33/h7-8,11-12,15,17,23H,9-10H2,1-6H3,(H,34,36)/t12-,15-,17-,23-/m1/s1. The van der Waals surface area contributed by atoms with Gasteiger partial charge in [-0.2, -0.15) is 8.78 Å². The summed E-state index contributed by atoms with van der Waals surface area (Å²) in [6.07, 6.45) is 0.459. The lowest BCUT2D eigenvalue weighted by Crippen LogP contribution is -2.67. The number of rotatable bonds is 6. The number of nitrogens with one attached hydrogen (secondary N) is 1. The van der Waals surface area contributed by atoms with Gasteiger partial charge in [-0.15, -0.1) is 0 Å². The zero-order chi connectivity index (χ0) is 29.9. The number of Topliss-reactive ketones (excluding diaryl/α,β-unsaturated/α-hetero) is 1. The molecular formula is C28H30F5NO5Si. The topological polar surface area (TPSA) is 81.7 Å². The number of fused-ring (bicyclic) bond motifs is 1. The van der Waals surface area contributed by atoms with E-state index in [1.54, 1.807) is 0 Å². The van der Waals surface area contributed by atoms with E-state index in [1.807, 2.05) is 6.92 Å². The monoisotopic (exact) mass is 583 g/mol. The number of esters is 1. The van der Waals surface area contributed by atoms with E-state index in [4.69, 9.17) is 4.43 Å². The normalized spacial score (nSPS) is 21.8. The number of halogens is 5. The first kappa shape index (κ1) is 29.8. The molecule has 1 N–H and O–H groups in total. The highest BCUT2D eigenvalue weighted by atomic mass is 28.4. The third-order valence-electron chi connectivity index (χ3n) is 8.26. The minimum atomic E-state index is -2.38. The molecule has 0 aromatic heterocycles. The zero-order valence-corrected chi connectivity index (χ0v) is 23.9. The van der Waals surface area contributed by atoms with Crippen LogP contribution in [-0.4, -0.2) is 38.1 Å². The van der Waals surface area contributed by atoms with Gasteiger partial charge in [0.2, 0.25) is 40.7 Å². The summed E-state index contributed by atoms with van der Waals surface area (Å²) in [5.41, 5.74) is 0.447. The van der Waals surface area contributed by atoms with Gasteiger partial charge >= 0.3 is 5.97 Å². The second-order valence-corrected chi connectivity index (χ2v) is 16.6. The van der Waals surface area contributed by atoms with Crippen molar-refractivity contribution >= 4 is 26.0 Å². The summed E-state index contributed by atoms with van der Waals surface area (Å²) in [5, 5.41) is 2.74. The molecule has 1 amide bonds. The molecule has 2 aromatic rings. The van der Waals surface area contributed by atoms with Crippen LogP contribution >= 0.6 is 0 Å². The first-order valence-corrected chi connectivity index (χ1v) is 15.8. The van der Waals surface area contributed by atoms with Crippen LogP contribution < -0.4 is 10.1 Å². The molecule has 40 heavy (non-hydrogen) atoms. The van der Waals surface area contributed by atoms with Crippen LogP contribution in [0.15, 0.2) is 18.2 Å². The fourth-order valence-corrected chi connectivity index (χ4v) is 6.38. The largest absolute Gasteiger partial charge is 0.416 e. The van der Waals surface area contributed by atoms with Crippen molar-refractivity contribution in [3.8, 4) is 5.75 Å². The lowest BCUT2D eigenvalue weighted by Gasteiger charge is -2.48. The number of hydrogen-bond donors (Lipinski definition) is 1. The van der Waals surface area contributed by atoms with Crippen molar-refractivity contribution in [1.29, 1.82) is 0 Å². The van der Waals surface area contributed by atoms with Crippen molar-refractivity contribution in [2.75, 3.05) is 0 Å². The molecule has 1 aliphatic heterocycles. The zero-order valence-electron chi connectivity index (χ0n) is 22.9. The van der Waals surface area contributed by atoms with Gasteiger partial charge in [0.05, 0.1) is 23.6 Å². The Hall–Kier alpha value is -3.12. The van der Waals surface area contributed by atoms with Gasteiger partial charge in [0.1, 0.15) is 0 Å². The van der Waals surface area contributed by atoms with Crippen molar-refractivity contribution in [1.82, 2.24) is 5.32 Å². The lowest BCUT2D eigenvalue weighted by molar-refractivity contribution is -0.141. The van der Waals surface area contributed by atoms with Crippen LogP contribution in [0, 0.1) is 40.9 Å². The van der Waals surface area contributed by atoms with E-state index >= 15 is 0 Å².